The molecule has 98 valence electrons. The number of aliphatic hydroxyl groups is 1. The second-order valence-corrected chi connectivity index (χ2v) is 3.46. The predicted molar refractivity (Wildman–Crippen MR) is 63.4 cm³/mol. The summed E-state index contributed by atoms with van der Waals surface area (Å²) < 4.78 is 9.40. The molecule has 0 spiro atoms. The first-order valence-electron chi connectivity index (χ1n) is 5.26. The van der Waals surface area contributed by atoms with Gasteiger partial charge in [-0.15, -0.1) is 0 Å². The smallest absolute Gasteiger partial charge is 0.330 e. The Kier molecular flexibility index (Phi) is 5.13. The summed E-state index contributed by atoms with van der Waals surface area (Å²) in [5, 5.41) is 11.3. The van der Waals surface area contributed by atoms with Crippen molar-refractivity contribution in [1.82, 2.24) is 5.32 Å². The van der Waals surface area contributed by atoms with Crippen molar-refractivity contribution in [3.05, 3.63) is 29.8 Å². The highest BCUT2D eigenvalue weighted by atomic mass is 16.5. The van der Waals surface area contributed by atoms with Gasteiger partial charge in [-0.05, 0) is 24.3 Å². The van der Waals surface area contributed by atoms with Crippen molar-refractivity contribution in [2.45, 2.75) is 6.04 Å². The Morgan fingerprint density at radius 3 is 2.33 bits per heavy atom. The van der Waals surface area contributed by atoms with E-state index in [0.29, 0.717) is 11.3 Å². The van der Waals surface area contributed by atoms with Gasteiger partial charge in [0, 0.05) is 5.56 Å². The second kappa shape index (κ2) is 6.61. The molecule has 0 bridgehead atoms. The van der Waals surface area contributed by atoms with Gasteiger partial charge in [0.1, 0.15) is 5.75 Å². The first-order valence-corrected chi connectivity index (χ1v) is 5.26. The van der Waals surface area contributed by atoms with Crippen LogP contribution in [0.3, 0.4) is 0 Å². The van der Waals surface area contributed by atoms with Crippen LogP contribution in [0.1, 0.15) is 10.4 Å². The van der Waals surface area contributed by atoms with E-state index in [2.05, 4.69) is 10.1 Å². The highest BCUT2D eigenvalue weighted by Crippen LogP contribution is 2.11. The average molecular weight is 253 g/mol. The highest BCUT2D eigenvalue weighted by molar-refractivity contribution is 5.96. The number of hydrogen-bond acceptors (Lipinski definition) is 5. The molecule has 1 atom stereocenters. The summed E-state index contributed by atoms with van der Waals surface area (Å²) in [6, 6.07) is 5.30. The van der Waals surface area contributed by atoms with Gasteiger partial charge < -0.3 is 19.9 Å². The van der Waals surface area contributed by atoms with Gasteiger partial charge in [-0.2, -0.15) is 0 Å². The van der Waals surface area contributed by atoms with Gasteiger partial charge in [0.15, 0.2) is 6.04 Å². The minimum absolute atomic E-state index is 0.359. The van der Waals surface area contributed by atoms with Crippen molar-refractivity contribution in [3.8, 4) is 5.75 Å². The van der Waals surface area contributed by atoms with Crippen molar-refractivity contribution < 1.29 is 24.2 Å². The van der Waals surface area contributed by atoms with Gasteiger partial charge in [0.25, 0.3) is 5.91 Å². The Hall–Kier alpha value is -2.08. The Bertz CT molecular complexity index is 415. The van der Waals surface area contributed by atoms with Gasteiger partial charge in [0.05, 0.1) is 20.8 Å². The van der Waals surface area contributed by atoms with Gasteiger partial charge in [-0.1, -0.05) is 0 Å². The van der Waals surface area contributed by atoms with Crippen molar-refractivity contribution in [1.29, 1.82) is 0 Å². The second-order valence-electron chi connectivity index (χ2n) is 3.46. The number of hydrogen-bond donors (Lipinski definition) is 2. The average Bonchev–Trinajstić information content (AvgIpc) is 2.43. The van der Waals surface area contributed by atoms with Gasteiger partial charge in [-0.25, -0.2) is 4.79 Å². The molecule has 6 nitrogen and oxygen atoms in total. The fourth-order valence-electron chi connectivity index (χ4n) is 1.31. The van der Waals surface area contributed by atoms with Crippen LogP contribution in [-0.2, 0) is 9.53 Å². The molecule has 1 aromatic carbocycles. The summed E-state index contributed by atoms with van der Waals surface area (Å²) in [6.45, 7) is -0.519. The lowest BCUT2D eigenvalue weighted by Gasteiger charge is -2.13. The number of amides is 1. The van der Waals surface area contributed by atoms with Gasteiger partial charge in [-0.3, -0.25) is 4.79 Å². The van der Waals surface area contributed by atoms with Crippen LogP contribution < -0.4 is 10.1 Å². The Labute approximate surface area is 105 Å². The summed E-state index contributed by atoms with van der Waals surface area (Å²) in [5.74, 6) is -0.542. The van der Waals surface area contributed by atoms with Crippen molar-refractivity contribution >= 4 is 11.9 Å². The first kappa shape index (κ1) is 14.0. The predicted octanol–water partition coefficient (Wildman–Crippen LogP) is -0.0411. The number of carbonyl (C=O) groups is 2. The zero-order chi connectivity index (χ0) is 13.5. The molecule has 0 saturated heterocycles. The van der Waals surface area contributed by atoms with E-state index in [4.69, 9.17) is 9.84 Å². The number of esters is 1. The minimum Gasteiger partial charge on any atom is -0.497 e. The number of nitrogens with one attached hydrogen (secondary N) is 1. The largest absolute Gasteiger partial charge is 0.497 e. The molecule has 0 unspecified atom stereocenters. The van der Waals surface area contributed by atoms with E-state index in [1.165, 1.54) is 14.2 Å². The lowest BCUT2D eigenvalue weighted by molar-refractivity contribution is -0.143. The van der Waals surface area contributed by atoms with Crippen LogP contribution in [0.25, 0.3) is 0 Å². The molecule has 0 radical (unpaired) electrons. The third-order valence-corrected chi connectivity index (χ3v) is 2.33. The molecule has 0 aliphatic heterocycles. The number of rotatable bonds is 5. The molecule has 1 aromatic rings. The summed E-state index contributed by atoms with van der Waals surface area (Å²) >= 11 is 0. The minimum atomic E-state index is -1.07. The van der Waals surface area contributed by atoms with Crippen LogP contribution in [0.2, 0.25) is 0 Å². The maximum absolute atomic E-state index is 11.8. The van der Waals surface area contributed by atoms with Crippen LogP contribution in [0.4, 0.5) is 0 Å². The lowest BCUT2D eigenvalue weighted by Crippen LogP contribution is -2.44. The maximum atomic E-state index is 11.8. The molecule has 0 aliphatic carbocycles. The Morgan fingerprint density at radius 1 is 1.28 bits per heavy atom. The summed E-state index contributed by atoms with van der Waals surface area (Å²) in [6.07, 6.45) is 0. The van der Waals surface area contributed by atoms with E-state index in [1.54, 1.807) is 24.3 Å². The van der Waals surface area contributed by atoms with Crippen LogP contribution in [0.5, 0.6) is 5.75 Å². The standard InChI is InChI=1S/C12H15NO5/c1-17-9-5-3-8(4-6-9)11(15)13-10(7-14)12(16)18-2/h3-6,10,14H,7H2,1-2H3,(H,13,15)/t10-/m0/s1. The summed E-state index contributed by atoms with van der Waals surface area (Å²) in [7, 11) is 2.71. The zero-order valence-electron chi connectivity index (χ0n) is 10.2. The molecule has 0 fully saturated rings. The molecule has 0 heterocycles. The van der Waals surface area contributed by atoms with E-state index in [1.807, 2.05) is 0 Å². The SMILES string of the molecule is COC(=O)[C@H](CO)NC(=O)c1ccc(OC)cc1. The third-order valence-electron chi connectivity index (χ3n) is 2.33. The normalized spacial score (nSPS) is 11.5. The van der Waals surface area contributed by atoms with Crippen molar-refractivity contribution in [2.75, 3.05) is 20.8 Å². The van der Waals surface area contributed by atoms with Crippen LogP contribution in [-0.4, -0.2) is 43.9 Å². The van der Waals surface area contributed by atoms with E-state index in [0.717, 1.165) is 0 Å². The molecule has 0 aliphatic rings. The first-order chi connectivity index (χ1) is 8.62. The fourth-order valence-corrected chi connectivity index (χ4v) is 1.31. The van der Waals surface area contributed by atoms with Gasteiger partial charge >= 0.3 is 5.97 Å². The van der Waals surface area contributed by atoms with E-state index in [9.17, 15) is 9.59 Å². The van der Waals surface area contributed by atoms with E-state index < -0.39 is 24.5 Å². The molecule has 0 aromatic heterocycles. The molecule has 1 amide bonds. The summed E-state index contributed by atoms with van der Waals surface area (Å²) in [4.78, 5) is 23.0. The Balaban J connectivity index is 2.71. The zero-order valence-corrected chi connectivity index (χ0v) is 10.2. The summed E-state index contributed by atoms with van der Waals surface area (Å²) in [5.41, 5.74) is 0.359. The molecular weight excluding hydrogens is 238 g/mol. The molecule has 18 heavy (non-hydrogen) atoms. The fraction of sp³-hybridized carbons (Fsp3) is 0.333. The Morgan fingerprint density at radius 2 is 1.89 bits per heavy atom. The van der Waals surface area contributed by atoms with Gasteiger partial charge in [0.2, 0.25) is 0 Å². The van der Waals surface area contributed by atoms with Crippen LogP contribution in [0.15, 0.2) is 24.3 Å². The highest BCUT2D eigenvalue weighted by Gasteiger charge is 2.20. The molecular formula is C12H15NO5. The van der Waals surface area contributed by atoms with E-state index >= 15 is 0 Å². The van der Waals surface area contributed by atoms with Crippen LogP contribution >= 0.6 is 0 Å². The third kappa shape index (κ3) is 3.46. The van der Waals surface area contributed by atoms with E-state index in [-0.39, 0.29) is 0 Å². The topological polar surface area (TPSA) is 84.9 Å². The lowest BCUT2D eigenvalue weighted by atomic mass is 10.2. The number of aliphatic hydroxyl groups excluding tert-OH is 1. The number of methoxy groups -OCH3 is 2. The monoisotopic (exact) mass is 253 g/mol. The maximum Gasteiger partial charge on any atom is 0.330 e. The molecule has 0 saturated carbocycles. The molecule has 6 heteroatoms. The number of ether oxygens (including phenoxy) is 2. The quantitative estimate of drug-likeness (QED) is 0.719. The number of carbonyl (C=O) groups excluding carboxylic acids is 2. The van der Waals surface area contributed by atoms with Crippen molar-refractivity contribution in [2.24, 2.45) is 0 Å². The van der Waals surface area contributed by atoms with Crippen LogP contribution in [0, 0.1) is 0 Å². The molecule has 2 N–H and O–H groups in total. The molecule has 1 rings (SSSR count). The van der Waals surface area contributed by atoms with Crippen molar-refractivity contribution in [3.63, 3.8) is 0 Å². The number of benzene rings is 1.